The van der Waals surface area contributed by atoms with E-state index in [0.29, 0.717) is 12.8 Å². The molecule has 1 amide bonds. The van der Waals surface area contributed by atoms with Crippen LogP contribution in [0.3, 0.4) is 0 Å². The van der Waals surface area contributed by atoms with E-state index in [2.05, 4.69) is 43.5 Å². The first-order valence-electron chi connectivity index (χ1n) is 27.1. The zero-order valence-corrected chi connectivity index (χ0v) is 40.6. The van der Waals surface area contributed by atoms with E-state index in [1.54, 1.807) is 0 Å². The Morgan fingerprint density at radius 2 is 0.717 bits per heavy atom. The molecule has 0 heterocycles. The lowest BCUT2D eigenvalue weighted by atomic mass is 9.99. The Labute approximate surface area is 375 Å². The average molecular weight is 846 g/mol. The van der Waals surface area contributed by atoms with Gasteiger partial charge in [0.05, 0.1) is 18.8 Å². The number of nitrogens with one attached hydrogen (secondary N) is 1. The molecule has 0 aliphatic rings. The molecular formula is C55H107NO4. The van der Waals surface area contributed by atoms with E-state index in [-0.39, 0.29) is 12.5 Å². The van der Waals surface area contributed by atoms with E-state index in [0.717, 1.165) is 44.9 Å². The number of aliphatic hydroxyl groups excluding tert-OH is 3. The van der Waals surface area contributed by atoms with Crippen molar-refractivity contribution in [2.75, 3.05) is 6.61 Å². The molecule has 0 rings (SSSR count). The Balaban J connectivity index is 3.57. The monoisotopic (exact) mass is 846 g/mol. The van der Waals surface area contributed by atoms with Crippen molar-refractivity contribution in [1.29, 1.82) is 0 Å². The van der Waals surface area contributed by atoms with Crippen molar-refractivity contribution >= 4 is 5.91 Å². The van der Waals surface area contributed by atoms with Gasteiger partial charge in [-0.3, -0.25) is 4.79 Å². The molecule has 4 N–H and O–H groups in total. The number of rotatable bonds is 50. The number of carbonyl (C=O) groups excluding carboxylic acids is 1. The van der Waals surface area contributed by atoms with Gasteiger partial charge in [-0.1, -0.05) is 269 Å². The van der Waals surface area contributed by atoms with Crippen molar-refractivity contribution in [2.24, 2.45) is 0 Å². The highest BCUT2D eigenvalue weighted by atomic mass is 16.3. The number of allylic oxidation sites excluding steroid dienone is 4. The van der Waals surface area contributed by atoms with Gasteiger partial charge in [0, 0.05) is 6.42 Å². The van der Waals surface area contributed by atoms with Gasteiger partial charge in [-0.15, -0.1) is 0 Å². The summed E-state index contributed by atoms with van der Waals surface area (Å²) >= 11 is 0. The number of amides is 1. The quantitative estimate of drug-likeness (QED) is 0.0363. The first-order chi connectivity index (χ1) is 29.6. The van der Waals surface area contributed by atoms with Crippen LogP contribution in [0.4, 0.5) is 0 Å². The number of hydrogen-bond acceptors (Lipinski definition) is 4. The van der Waals surface area contributed by atoms with Crippen molar-refractivity contribution in [3.63, 3.8) is 0 Å². The second-order valence-corrected chi connectivity index (χ2v) is 18.8. The molecule has 0 aliphatic carbocycles. The van der Waals surface area contributed by atoms with Gasteiger partial charge in [0.25, 0.3) is 0 Å². The summed E-state index contributed by atoms with van der Waals surface area (Å²) in [6.45, 7) is 4.21. The van der Waals surface area contributed by atoms with Crippen LogP contribution in [-0.4, -0.2) is 46.1 Å². The summed E-state index contributed by atoms with van der Waals surface area (Å²) in [6.07, 6.45) is 63.2. The maximum atomic E-state index is 12.5. The highest BCUT2D eigenvalue weighted by Gasteiger charge is 2.26. The highest BCUT2D eigenvalue weighted by Crippen LogP contribution is 2.18. The maximum absolute atomic E-state index is 12.5. The van der Waals surface area contributed by atoms with Gasteiger partial charge in [-0.2, -0.15) is 0 Å². The van der Waals surface area contributed by atoms with Gasteiger partial charge in [0.15, 0.2) is 0 Å². The summed E-state index contributed by atoms with van der Waals surface area (Å²) in [5.74, 6) is -0.148. The minimum absolute atomic E-state index is 0.148. The number of carbonyl (C=O) groups is 1. The van der Waals surface area contributed by atoms with Gasteiger partial charge in [-0.25, -0.2) is 0 Å². The van der Waals surface area contributed by atoms with Crippen LogP contribution in [0.15, 0.2) is 24.3 Å². The Hall–Kier alpha value is -1.17. The van der Waals surface area contributed by atoms with Crippen LogP contribution in [0.5, 0.6) is 0 Å². The summed E-state index contributed by atoms with van der Waals surface area (Å²) < 4.78 is 0. The predicted molar refractivity (Wildman–Crippen MR) is 264 cm³/mol. The molecule has 60 heavy (non-hydrogen) atoms. The van der Waals surface area contributed by atoms with E-state index in [1.807, 2.05) is 0 Å². The largest absolute Gasteiger partial charge is 0.394 e. The van der Waals surface area contributed by atoms with Gasteiger partial charge in [0.2, 0.25) is 5.91 Å². The molecule has 0 spiro atoms. The smallest absolute Gasteiger partial charge is 0.220 e. The van der Waals surface area contributed by atoms with Crippen LogP contribution < -0.4 is 5.32 Å². The van der Waals surface area contributed by atoms with E-state index in [4.69, 9.17) is 0 Å². The molecule has 0 radical (unpaired) electrons. The molecule has 0 aliphatic heterocycles. The number of aliphatic hydroxyl groups is 3. The molecule has 0 saturated heterocycles. The van der Waals surface area contributed by atoms with Crippen LogP contribution in [-0.2, 0) is 4.79 Å². The number of unbranched alkanes of at least 4 members (excludes halogenated alkanes) is 38. The Kier molecular flexibility index (Phi) is 49.5. The van der Waals surface area contributed by atoms with Crippen molar-refractivity contribution in [1.82, 2.24) is 5.32 Å². The Morgan fingerprint density at radius 1 is 0.417 bits per heavy atom. The second-order valence-electron chi connectivity index (χ2n) is 18.8. The van der Waals surface area contributed by atoms with E-state index < -0.39 is 18.2 Å². The second kappa shape index (κ2) is 50.5. The van der Waals surface area contributed by atoms with Crippen LogP contribution in [0, 0.1) is 0 Å². The topological polar surface area (TPSA) is 89.8 Å². The lowest BCUT2D eigenvalue weighted by Gasteiger charge is -2.26. The van der Waals surface area contributed by atoms with Gasteiger partial charge < -0.3 is 20.6 Å². The first-order valence-corrected chi connectivity index (χ1v) is 27.1. The maximum Gasteiger partial charge on any atom is 0.220 e. The lowest BCUT2D eigenvalue weighted by Crippen LogP contribution is -2.50. The van der Waals surface area contributed by atoms with Crippen LogP contribution in [0.25, 0.3) is 0 Å². The fraction of sp³-hybridized carbons (Fsp3) is 0.909. The molecule has 0 saturated carbocycles. The summed E-state index contributed by atoms with van der Waals surface area (Å²) in [5.41, 5.74) is 0. The highest BCUT2D eigenvalue weighted by molar-refractivity contribution is 5.76. The summed E-state index contributed by atoms with van der Waals surface area (Å²) in [6, 6.07) is -0.813. The zero-order valence-electron chi connectivity index (χ0n) is 40.6. The minimum Gasteiger partial charge on any atom is -0.394 e. The lowest BCUT2D eigenvalue weighted by molar-refractivity contribution is -0.124. The summed E-state index contributed by atoms with van der Waals surface area (Å²) in [5, 5.41) is 33.8. The van der Waals surface area contributed by atoms with Gasteiger partial charge in [0.1, 0.15) is 6.10 Å². The summed E-state index contributed by atoms with van der Waals surface area (Å²) in [4.78, 5) is 12.5. The zero-order chi connectivity index (χ0) is 43.7. The fourth-order valence-corrected chi connectivity index (χ4v) is 8.61. The van der Waals surface area contributed by atoms with Gasteiger partial charge >= 0.3 is 0 Å². The molecule has 0 aromatic rings. The normalized spacial score (nSPS) is 13.5. The molecule has 356 valence electrons. The van der Waals surface area contributed by atoms with Crippen LogP contribution in [0.2, 0.25) is 0 Å². The van der Waals surface area contributed by atoms with Crippen molar-refractivity contribution < 1.29 is 20.1 Å². The third-order valence-corrected chi connectivity index (χ3v) is 12.8. The standard InChI is InChI=1S/C55H107NO4/c1-3-5-7-9-11-13-15-17-19-21-23-25-27-29-31-33-35-37-39-41-43-45-47-49-53(58)55(60)52(51-57)56-54(59)50-48-46-44-42-40-38-36-34-32-30-28-26-24-22-20-18-16-14-12-10-8-6-4-2/h24,26,30,32,52-53,55,57-58,60H,3-23,25,27-29,31,33-51H2,1-2H3,(H,56,59)/b26-24-,32-30-. The predicted octanol–water partition coefficient (Wildman–Crippen LogP) is 16.5. The van der Waals surface area contributed by atoms with Crippen molar-refractivity contribution in [3.8, 4) is 0 Å². The third-order valence-electron chi connectivity index (χ3n) is 12.8. The van der Waals surface area contributed by atoms with E-state index in [9.17, 15) is 20.1 Å². The minimum atomic E-state index is -1.14. The Bertz CT molecular complexity index is 890. The van der Waals surface area contributed by atoms with E-state index in [1.165, 1.54) is 225 Å². The average Bonchev–Trinajstić information content (AvgIpc) is 3.25. The van der Waals surface area contributed by atoms with E-state index >= 15 is 0 Å². The molecular weight excluding hydrogens is 739 g/mol. The number of hydrogen-bond donors (Lipinski definition) is 4. The molecule has 3 unspecified atom stereocenters. The van der Waals surface area contributed by atoms with Crippen LogP contribution in [0.1, 0.15) is 296 Å². The first kappa shape index (κ1) is 58.8. The SMILES string of the molecule is CCCCCCCCCCC/C=C\C/C=C\CCCCCCCCCC(=O)NC(CO)C(O)C(O)CCCCCCCCCCCCCCCCCCCCCCCCC. The third kappa shape index (κ3) is 44.9. The van der Waals surface area contributed by atoms with Crippen molar-refractivity contribution in [3.05, 3.63) is 24.3 Å². The van der Waals surface area contributed by atoms with Crippen molar-refractivity contribution in [2.45, 2.75) is 315 Å². The van der Waals surface area contributed by atoms with Gasteiger partial charge in [-0.05, 0) is 44.9 Å². The molecule has 3 atom stereocenters. The molecule has 0 fully saturated rings. The molecule has 0 aromatic heterocycles. The van der Waals surface area contributed by atoms with Crippen LogP contribution >= 0.6 is 0 Å². The fourth-order valence-electron chi connectivity index (χ4n) is 8.61. The molecule has 0 aromatic carbocycles. The molecule has 0 bridgehead atoms. The summed E-state index contributed by atoms with van der Waals surface area (Å²) in [7, 11) is 0. The molecule has 5 heteroatoms. The Morgan fingerprint density at radius 3 is 1.05 bits per heavy atom. The molecule has 5 nitrogen and oxygen atoms in total.